The van der Waals surface area contributed by atoms with E-state index in [9.17, 15) is 0 Å². The molecule has 0 aliphatic carbocycles. The van der Waals surface area contributed by atoms with Crippen LogP contribution in [0.3, 0.4) is 0 Å². The molecule has 0 radical (unpaired) electrons. The number of hydrogen-bond donors (Lipinski definition) is 2. The van der Waals surface area contributed by atoms with Crippen LogP contribution in [0.2, 0.25) is 0 Å². The molecule has 1 saturated heterocycles. The summed E-state index contributed by atoms with van der Waals surface area (Å²) in [6.07, 6.45) is 2.22. The van der Waals surface area contributed by atoms with E-state index in [1.54, 1.807) is 0 Å². The van der Waals surface area contributed by atoms with Gasteiger partial charge in [0.2, 0.25) is 0 Å². The molecule has 1 fully saturated rings. The molecule has 0 amide bonds. The minimum Gasteiger partial charge on any atom is -0.381 e. The summed E-state index contributed by atoms with van der Waals surface area (Å²) < 4.78 is 0.944. The first kappa shape index (κ1) is 11.4. The first-order valence-corrected chi connectivity index (χ1v) is 6.26. The van der Waals surface area contributed by atoms with Gasteiger partial charge in [0.25, 0.3) is 0 Å². The van der Waals surface area contributed by atoms with Crippen LogP contribution in [-0.4, -0.2) is 19.1 Å². The van der Waals surface area contributed by atoms with Crippen molar-refractivity contribution in [1.29, 1.82) is 5.26 Å². The molecule has 0 bridgehead atoms. The number of hydrogen-bond acceptors (Lipinski definition) is 3. The van der Waals surface area contributed by atoms with Gasteiger partial charge in [-0.05, 0) is 44.1 Å². The lowest BCUT2D eigenvalue weighted by Crippen LogP contribution is -2.35. The first-order chi connectivity index (χ1) is 7.79. The zero-order valence-corrected chi connectivity index (χ0v) is 10.5. The molecule has 2 rings (SSSR count). The van der Waals surface area contributed by atoms with E-state index in [1.165, 1.54) is 0 Å². The van der Waals surface area contributed by atoms with Crippen LogP contribution in [0.15, 0.2) is 22.7 Å². The van der Waals surface area contributed by atoms with E-state index in [2.05, 4.69) is 32.6 Å². The third-order valence-electron chi connectivity index (χ3n) is 2.80. The highest BCUT2D eigenvalue weighted by Gasteiger charge is 2.13. The van der Waals surface area contributed by atoms with E-state index in [0.717, 1.165) is 36.1 Å². The fourth-order valence-electron chi connectivity index (χ4n) is 1.92. The molecule has 0 saturated carbocycles. The quantitative estimate of drug-likeness (QED) is 0.875. The molecule has 0 aromatic heterocycles. The Morgan fingerprint density at radius 1 is 1.38 bits per heavy atom. The maximum atomic E-state index is 9.05. The number of benzene rings is 1. The van der Waals surface area contributed by atoms with E-state index in [4.69, 9.17) is 5.26 Å². The molecular weight excluding hydrogens is 266 g/mol. The molecule has 4 heteroatoms. The second-order valence-electron chi connectivity index (χ2n) is 3.97. The smallest absolute Gasteiger partial charge is 0.101 e. The van der Waals surface area contributed by atoms with Crippen molar-refractivity contribution < 1.29 is 0 Å². The lowest BCUT2D eigenvalue weighted by molar-refractivity contribution is 0.479. The van der Waals surface area contributed by atoms with Crippen molar-refractivity contribution in [1.82, 2.24) is 5.32 Å². The largest absolute Gasteiger partial charge is 0.381 e. The van der Waals surface area contributed by atoms with Gasteiger partial charge in [-0.1, -0.05) is 15.9 Å². The molecule has 0 spiro atoms. The zero-order chi connectivity index (χ0) is 11.4. The van der Waals surface area contributed by atoms with Crippen molar-refractivity contribution in [2.75, 3.05) is 18.4 Å². The predicted octanol–water partition coefficient (Wildman–Crippen LogP) is 2.48. The molecule has 2 N–H and O–H groups in total. The number of halogens is 1. The van der Waals surface area contributed by atoms with E-state index in [1.807, 2.05) is 18.2 Å². The summed E-state index contributed by atoms with van der Waals surface area (Å²) in [5.74, 6) is 0. The SMILES string of the molecule is N#Cc1cc(Br)ccc1NC1CCNCC1. The number of nitrogens with zero attached hydrogens (tertiary/aromatic N) is 1. The molecule has 1 aromatic rings. The monoisotopic (exact) mass is 279 g/mol. The summed E-state index contributed by atoms with van der Waals surface area (Å²) in [5, 5.41) is 15.8. The van der Waals surface area contributed by atoms with Crippen molar-refractivity contribution in [3.8, 4) is 6.07 Å². The molecule has 84 valence electrons. The predicted molar refractivity (Wildman–Crippen MR) is 68.4 cm³/mol. The standard InChI is InChI=1S/C12H14BrN3/c13-10-1-2-12(9(7-10)8-14)16-11-3-5-15-6-4-11/h1-2,7,11,15-16H,3-6H2. The normalized spacial score (nSPS) is 16.8. The van der Waals surface area contributed by atoms with Crippen LogP contribution in [0.5, 0.6) is 0 Å². The van der Waals surface area contributed by atoms with Gasteiger partial charge in [-0.2, -0.15) is 5.26 Å². The summed E-state index contributed by atoms with van der Waals surface area (Å²) >= 11 is 3.37. The van der Waals surface area contributed by atoms with Crippen molar-refractivity contribution in [3.05, 3.63) is 28.2 Å². The lowest BCUT2D eigenvalue weighted by atomic mass is 10.1. The Kier molecular flexibility index (Phi) is 3.81. The summed E-state index contributed by atoms with van der Waals surface area (Å²) in [5.41, 5.74) is 1.64. The molecule has 3 nitrogen and oxygen atoms in total. The lowest BCUT2D eigenvalue weighted by Gasteiger charge is -2.25. The Bertz CT molecular complexity index is 405. The highest BCUT2D eigenvalue weighted by Crippen LogP contribution is 2.22. The maximum absolute atomic E-state index is 9.05. The summed E-state index contributed by atoms with van der Waals surface area (Å²) in [7, 11) is 0. The third-order valence-corrected chi connectivity index (χ3v) is 3.29. The molecule has 0 atom stereocenters. The second kappa shape index (κ2) is 5.33. The van der Waals surface area contributed by atoms with Gasteiger partial charge < -0.3 is 10.6 Å². The minimum atomic E-state index is 0.481. The van der Waals surface area contributed by atoms with Gasteiger partial charge in [-0.3, -0.25) is 0 Å². The zero-order valence-electron chi connectivity index (χ0n) is 8.96. The summed E-state index contributed by atoms with van der Waals surface area (Å²) in [6.45, 7) is 2.10. The van der Waals surface area contributed by atoms with Gasteiger partial charge in [-0.25, -0.2) is 0 Å². The summed E-state index contributed by atoms with van der Waals surface area (Å²) in [6, 6.07) is 8.48. The highest BCUT2D eigenvalue weighted by atomic mass is 79.9. The highest BCUT2D eigenvalue weighted by molar-refractivity contribution is 9.10. The van der Waals surface area contributed by atoms with Crippen molar-refractivity contribution >= 4 is 21.6 Å². The van der Waals surface area contributed by atoms with Gasteiger partial charge >= 0.3 is 0 Å². The van der Waals surface area contributed by atoms with Gasteiger partial charge in [0.05, 0.1) is 11.3 Å². The summed E-state index contributed by atoms with van der Waals surface area (Å²) in [4.78, 5) is 0. The number of piperidine rings is 1. The average Bonchev–Trinajstić information content (AvgIpc) is 2.33. The maximum Gasteiger partial charge on any atom is 0.101 e. The number of nitriles is 1. The van der Waals surface area contributed by atoms with Crippen LogP contribution in [0.25, 0.3) is 0 Å². The Morgan fingerprint density at radius 2 is 2.12 bits per heavy atom. The van der Waals surface area contributed by atoms with E-state index < -0.39 is 0 Å². The van der Waals surface area contributed by atoms with Gasteiger partial charge in [0.15, 0.2) is 0 Å². The van der Waals surface area contributed by atoms with Gasteiger partial charge in [0, 0.05) is 10.5 Å². The molecule has 1 aromatic carbocycles. The first-order valence-electron chi connectivity index (χ1n) is 5.46. The minimum absolute atomic E-state index is 0.481. The van der Waals surface area contributed by atoms with Crippen molar-refractivity contribution in [2.24, 2.45) is 0 Å². The van der Waals surface area contributed by atoms with Crippen LogP contribution in [0, 0.1) is 11.3 Å². The van der Waals surface area contributed by atoms with Gasteiger partial charge in [-0.15, -0.1) is 0 Å². The van der Waals surface area contributed by atoms with Crippen molar-refractivity contribution in [3.63, 3.8) is 0 Å². The van der Waals surface area contributed by atoms with E-state index in [-0.39, 0.29) is 0 Å². The molecule has 16 heavy (non-hydrogen) atoms. The molecular formula is C12H14BrN3. The number of nitrogens with one attached hydrogen (secondary N) is 2. The van der Waals surface area contributed by atoms with Crippen LogP contribution >= 0.6 is 15.9 Å². The Morgan fingerprint density at radius 3 is 2.81 bits per heavy atom. The Hall–Kier alpha value is -1.05. The van der Waals surface area contributed by atoms with E-state index >= 15 is 0 Å². The number of rotatable bonds is 2. The van der Waals surface area contributed by atoms with Crippen LogP contribution < -0.4 is 10.6 Å². The van der Waals surface area contributed by atoms with Gasteiger partial charge in [0.1, 0.15) is 6.07 Å². The fraction of sp³-hybridized carbons (Fsp3) is 0.417. The van der Waals surface area contributed by atoms with Crippen molar-refractivity contribution in [2.45, 2.75) is 18.9 Å². The average molecular weight is 280 g/mol. The molecule has 1 heterocycles. The van der Waals surface area contributed by atoms with Crippen LogP contribution in [0.4, 0.5) is 5.69 Å². The Labute approximate surface area is 104 Å². The second-order valence-corrected chi connectivity index (χ2v) is 4.89. The fourth-order valence-corrected chi connectivity index (χ4v) is 2.28. The Balaban J connectivity index is 2.11. The molecule has 1 aliphatic rings. The molecule has 1 aliphatic heterocycles. The third kappa shape index (κ3) is 2.75. The van der Waals surface area contributed by atoms with Crippen LogP contribution in [0.1, 0.15) is 18.4 Å². The molecule has 0 unspecified atom stereocenters. The topological polar surface area (TPSA) is 47.9 Å². The number of anilines is 1. The van der Waals surface area contributed by atoms with Crippen LogP contribution in [-0.2, 0) is 0 Å². The van der Waals surface area contributed by atoms with E-state index in [0.29, 0.717) is 11.6 Å².